The van der Waals surface area contributed by atoms with E-state index < -0.39 is 0 Å². The molecule has 0 bridgehead atoms. The van der Waals surface area contributed by atoms with Gasteiger partial charge in [-0.15, -0.1) is 0 Å². The Bertz CT molecular complexity index is 394. The van der Waals surface area contributed by atoms with Gasteiger partial charge in [0.25, 0.3) is 0 Å². The molecule has 1 heterocycles. The third-order valence-corrected chi connectivity index (χ3v) is 2.88. The van der Waals surface area contributed by atoms with Crippen molar-refractivity contribution in [1.82, 2.24) is 4.90 Å². The van der Waals surface area contributed by atoms with E-state index in [0.717, 1.165) is 10.0 Å². The Kier molecular flexibility index (Phi) is 3.74. The number of hydrogen-bond acceptors (Lipinski definition) is 2. The topological polar surface area (TPSA) is 29.5 Å². The summed E-state index contributed by atoms with van der Waals surface area (Å²) in [5.41, 5.74) is 1.01. The molecule has 1 aliphatic rings. The zero-order chi connectivity index (χ0) is 11.4. The van der Waals surface area contributed by atoms with Gasteiger partial charge in [0.2, 0.25) is 5.91 Å². The highest BCUT2D eigenvalue weighted by Gasteiger charge is 2.15. The molecule has 16 heavy (non-hydrogen) atoms. The normalized spacial score (nSPS) is 15.9. The molecule has 0 unspecified atom stereocenters. The molecule has 0 aliphatic carbocycles. The summed E-state index contributed by atoms with van der Waals surface area (Å²) in [6, 6.07) is 7.80. The molecular weight excluding hydrogens is 270 g/mol. The van der Waals surface area contributed by atoms with Crippen LogP contribution in [0.25, 0.3) is 6.08 Å². The number of nitrogens with zero attached hydrogens (tertiary/aromatic N) is 1. The molecule has 0 radical (unpaired) electrons. The average molecular weight is 282 g/mol. The first kappa shape index (κ1) is 11.4. The molecule has 1 amide bonds. The van der Waals surface area contributed by atoms with Gasteiger partial charge in [0.1, 0.15) is 6.73 Å². The summed E-state index contributed by atoms with van der Waals surface area (Å²) >= 11 is 3.36. The molecule has 0 aromatic heterocycles. The van der Waals surface area contributed by atoms with Gasteiger partial charge in [0.15, 0.2) is 0 Å². The molecule has 1 aromatic rings. The van der Waals surface area contributed by atoms with Crippen molar-refractivity contribution in [3.05, 3.63) is 40.4 Å². The molecular formula is C12H12BrNO2. The summed E-state index contributed by atoms with van der Waals surface area (Å²) in [6.45, 7) is 1.73. The number of rotatable bonds is 2. The van der Waals surface area contributed by atoms with Gasteiger partial charge in [-0.25, -0.2) is 0 Å². The van der Waals surface area contributed by atoms with E-state index in [9.17, 15) is 4.79 Å². The molecule has 4 heteroatoms. The van der Waals surface area contributed by atoms with Crippen LogP contribution < -0.4 is 0 Å². The van der Waals surface area contributed by atoms with Crippen LogP contribution in [-0.4, -0.2) is 30.7 Å². The van der Waals surface area contributed by atoms with Crippen LogP contribution in [0.1, 0.15) is 5.56 Å². The number of benzene rings is 1. The zero-order valence-electron chi connectivity index (χ0n) is 8.73. The number of carbonyl (C=O) groups is 1. The number of halogens is 1. The maximum atomic E-state index is 11.6. The molecule has 3 nitrogen and oxygen atoms in total. The molecule has 0 N–H and O–H groups in total. The molecule has 84 valence electrons. The Morgan fingerprint density at radius 3 is 2.75 bits per heavy atom. The summed E-state index contributed by atoms with van der Waals surface area (Å²) in [5.74, 6) is 0.000388. The lowest BCUT2D eigenvalue weighted by atomic mass is 10.2. The van der Waals surface area contributed by atoms with Crippen LogP contribution in [0.5, 0.6) is 0 Å². The fourth-order valence-corrected chi connectivity index (χ4v) is 1.70. The van der Waals surface area contributed by atoms with Crippen LogP contribution in [0.4, 0.5) is 0 Å². The van der Waals surface area contributed by atoms with E-state index in [4.69, 9.17) is 4.74 Å². The Morgan fingerprint density at radius 2 is 2.12 bits per heavy atom. The maximum absolute atomic E-state index is 11.6. The number of carbonyl (C=O) groups excluding carboxylic acids is 1. The number of hydrogen-bond donors (Lipinski definition) is 0. The average Bonchev–Trinajstić information content (AvgIpc) is 2.81. The molecule has 1 fully saturated rings. The monoisotopic (exact) mass is 281 g/mol. The first-order valence-corrected chi connectivity index (χ1v) is 5.85. The summed E-state index contributed by atoms with van der Waals surface area (Å²) in [6.07, 6.45) is 3.39. The largest absolute Gasteiger partial charge is 0.359 e. The van der Waals surface area contributed by atoms with Crippen molar-refractivity contribution in [1.29, 1.82) is 0 Å². The Morgan fingerprint density at radius 1 is 1.38 bits per heavy atom. The van der Waals surface area contributed by atoms with Crippen LogP contribution in [0.15, 0.2) is 34.8 Å². The molecule has 2 rings (SSSR count). The van der Waals surface area contributed by atoms with Gasteiger partial charge in [-0.1, -0.05) is 28.1 Å². The summed E-state index contributed by atoms with van der Waals surface area (Å²) in [5, 5.41) is 0. The highest BCUT2D eigenvalue weighted by atomic mass is 79.9. The van der Waals surface area contributed by atoms with Gasteiger partial charge in [0.05, 0.1) is 6.61 Å². The van der Waals surface area contributed by atoms with E-state index in [0.29, 0.717) is 19.9 Å². The SMILES string of the molecule is O=C(C=Cc1ccc(Br)cc1)N1CCOC1. The molecule has 0 spiro atoms. The number of ether oxygens (including phenoxy) is 1. The Labute approximate surface area is 103 Å². The second kappa shape index (κ2) is 5.27. The van der Waals surface area contributed by atoms with Crippen LogP contribution in [0, 0.1) is 0 Å². The highest BCUT2D eigenvalue weighted by Crippen LogP contribution is 2.11. The summed E-state index contributed by atoms with van der Waals surface area (Å²) in [7, 11) is 0. The molecule has 1 saturated heterocycles. The fraction of sp³-hybridized carbons (Fsp3) is 0.250. The fourth-order valence-electron chi connectivity index (χ4n) is 1.43. The lowest BCUT2D eigenvalue weighted by Crippen LogP contribution is -2.26. The van der Waals surface area contributed by atoms with E-state index in [1.807, 2.05) is 30.3 Å². The second-order valence-corrected chi connectivity index (χ2v) is 4.44. The van der Waals surface area contributed by atoms with Crippen LogP contribution >= 0.6 is 15.9 Å². The van der Waals surface area contributed by atoms with Crippen molar-refractivity contribution in [2.75, 3.05) is 19.9 Å². The van der Waals surface area contributed by atoms with Crippen LogP contribution in [-0.2, 0) is 9.53 Å². The Balaban J connectivity index is 1.97. The van der Waals surface area contributed by atoms with Crippen LogP contribution in [0.2, 0.25) is 0 Å². The predicted octanol–water partition coefficient (Wildman–Crippen LogP) is 2.28. The smallest absolute Gasteiger partial charge is 0.248 e. The van der Waals surface area contributed by atoms with E-state index in [1.54, 1.807) is 11.0 Å². The van der Waals surface area contributed by atoms with Crippen molar-refractivity contribution in [3.8, 4) is 0 Å². The lowest BCUT2D eigenvalue weighted by molar-refractivity contribution is -0.126. The summed E-state index contributed by atoms with van der Waals surface area (Å²) < 4.78 is 6.14. The van der Waals surface area contributed by atoms with E-state index >= 15 is 0 Å². The molecule has 0 saturated carbocycles. The van der Waals surface area contributed by atoms with Crippen LogP contribution in [0.3, 0.4) is 0 Å². The summed E-state index contributed by atoms with van der Waals surface area (Å²) in [4.78, 5) is 13.3. The van der Waals surface area contributed by atoms with E-state index in [-0.39, 0.29) is 5.91 Å². The first-order valence-electron chi connectivity index (χ1n) is 5.06. The molecule has 1 aliphatic heterocycles. The van der Waals surface area contributed by atoms with Gasteiger partial charge in [0, 0.05) is 17.1 Å². The third kappa shape index (κ3) is 2.93. The predicted molar refractivity (Wildman–Crippen MR) is 65.7 cm³/mol. The van der Waals surface area contributed by atoms with Crippen molar-refractivity contribution in [2.45, 2.75) is 0 Å². The van der Waals surface area contributed by atoms with Gasteiger partial charge in [-0.3, -0.25) is 4.79 Å². The van der Waals surface area contributed by atoms with E-state index in [2.05, 4.69) is 15.9 Å². The van der Waals surface area contributed by atoms with Crippen molar-refractivity contribution < 1.29 is 9.53 Å². The van der Waals surface area contributed by atoms with Crippen molar-refractivity contribution in [2.24, 2.45) is 0 Å². The second-order valence-electron chi connectivity index (χ2n) is 3.52. The van der Waals surface area contributed by atoms with Gasteiger partial charge in [-0.05, 0) is 23.8 Å². The van der Waals surface area contributed by atoms with Gasteiger partial charge < -0.3 is 9.64 Å². The maximum Gasteiger partial charge on any atom is 0.248 e. The minimum atomic E-state index is 0.000388. The minimum absolute atomic E-state index is 0.000388. The van der Waals surface area contributed by atoms with Crippen molar-refractivity contribution in [3.63, 3.8) is 0 Å². The lowest BCUT2D eigenvalue weighted by Gasteiger charge is -2.09. The van der Waals surface area contributed by atoms with Gasteiger partial charge in [-0.2, -0.15) is 0 Å². The quantitative estimate of drug-likeness (QED) is 0.779. The van der Waals surface area contributed by atoms with E-state index in [1.165, 1.54) is 0 Å². The number of amides is 1. The third-order valence-electron chi connectivity index (χ3n) is 2.35. The molecule has 1 aromatic carbocycles. The van der Waals surface area contributed by atoms with Gasteiger partial charge >= 0.3 is 0 Å². The Hall–Kier alpha value is -1.13. The highest BCUT2D eigenvalue weighted by molar-refractivity contribution is 9.10. The minimum Gasteiger partial charge on any atom is -0.359 e. The zero-order valence-corrected chi connectivity index (χ0v) is 10.3. The van der Waals surface area contributed by atoms with Crippen molar-refractivity contribution >= 4 is 27.9 Å². The first-order chi connectivity index (χ1) is 7.75. The molecule has 0 atom stereocenters. The standard InChI is InChI=1S/C12H12BrNO2/c13-11-4-1-10(2-5-11)3-6-12(15)14-7-8-16-9-14/h1-6H,7-9H2.